The first kappa shape index (κ1) is 15.8. The quantitative estimate of drug-likeness (QED) is 0.520. The highest BCUT2D eigenvalue weighted by atomic mass is 79.9. The van der Waals surface area contributed by atoms with Gasteiger partial charge >= 0.3 is 5.97 Å². The molecule has 0 heterocycles. The molecule has 1 unspecified atom stereocenters. The normalized spacial score (nSPS) is 11.9. The molecular formula is C11H11Br3O4. The van der Waals surface area contributed by atoms with Crippen LogP contribution < -0.4 is 9.47 Å². The molecule has 0 fully saturated rings. The summed E-state index contributed by atoms with van der Waals surface area (Å²) in [6.07, 6.45) is 0. The van der Waals surface area contributed by atoms with Crippen LogP contribution in [0.1, 0.15) is 10.4 Å². The number of carbonyl (C=O) groups excluding carboxylic acids is 1. The van der Waals surface area contributed by atoms with Crippen LogP contribution in [-0.2, 0) is 9.53 Å². The van der Waals surface area contributed by atoms with Gasteiger partial charge < -0.3 is 14.2 Å². The average Bonchev–Trinajstić information content (AvgIpc) is 2.38. The highest BCUT2D eigenvalue weighted by Gasteiger charge is 2.25. The number of esters is 1. The first-order valence-corrected chi connectivity index (χ1v) is 7.29. The second kappa shape index (κ2) is 6.77. The summed E-state index contributed by atoms with van der Waals surface area (Å²) in [4.78, 5) is 11.0. The Balaban J connectivity index is 3.39. The number of hydrogen-bond donors (Lipinski definition) is 0. The highest BCUT2D eigenvalue weighted by Crippen LogP contribution is 2.46. The minimum Gasteiger partial charge on any atom is -0.492 e. The maximum Gasteiger partial charge on any atom is 0.324 e. The molecule has 0 aromatic heterocycles. The van der Waals surface area contributed by atoms with E-state index in [4.69, 9.17) is 14.2 Å². The van der Waals surface area contributed by atoms with E-state index < -0.39 is 10.8 Å². The van der Waals surface area contributed by atoms with Crippen molar-refractivity contribution in [1.29, 1.82) is 0 Å². The predicted octanol–water partition coefficient (Wildman–Crippen LogP) is 3.84. The van der Waals surface area contributed by atoms with E-state index in [9.17, 15) is 4.79 Å². The van der Waals surface area contributed by atoms with Gasteiger partial charge in [0.05, 0.1) is 30.3 Å². The van der Waals surface area contributed by atoms with Crippen molar-refractivity contribution in [3.63, 3.8) is 0 Å². The molecule has 0 saturated carbocycles. The number of carbonyl (C=O) groups is 1. The largest absolute Gasteiger partial charge is 0.492 e. The van der Waals surface area contributed by atoms with E-state index in [1.165, 1.54) is 14.2 Å². The fourth-order valence-corrected chi connectivity index (χ4v) is 3.52. The number of halogens is 3. The minimum absolute atomic E-state index is 0.394. The van der Waals surface area contributed by atoms with Crippen molar-refractivity contribution in [2.24, 2.45) is 0 Å². The third-order valence-electron chi connectivity index (χ3n) is 2.25. The van der Waals surface area contributed by atoms with Crippen molar-refractivity contribution in [3.05, 3.63) is 20.6 Å². The summed E-state index contributed by atoms with van der Waals surface area (Å²) in [7, 11) is 4.40. The fraction of sp³-hybridized carbons (Fsp3) is 0.364. The molecule has 0 bridgehead atoms. The lowest BCUT2D eigenvalue weighted by Gasteiger charge is -2.17. The van der Waals surface area contributed by atoms with Crippen molar-refractivity contribution in [2.75, 3.05) is 21.3 Å². The van der Waals surface area contributed by atoms with E-state index in [2.05, 4.69) is 47.8 Å². The van der Waals surface area contributed by atoms with Gasteiger partial charge in [0, 0.05) is 0 Å². The summed E-state index contributed by atoms with van der Waals surface area (Å²) in [5.74, 6) is 0.669. The number of hydrogen-bond acceptors (Lipinski definition) is 4. The van der Waals surface area contributed by atoms with Gasteiger partial charge in [-0.15, -0.1) is 0 Å². The zero-order valence-corrected chi connectivity index (χ0v) is 14.7. The van der Waals surface area contributed by atoms with Gasteiger partial charge in [-0.3, -0.25) is 4.79 Å². The lowest BCUT2D eigenvalue weighted by atomic mass is 10.1. The van der Waals surface area contributed by atoms with Gasteiger partial charge in [0.1, 0.15) is 4.83 Å². The van der Waals surface area contributed by atoms with Gasteiger partial charge in [-0.2, -0.15) is 0 Å². The molecule has 18 heavy (non-hydrogen) atoms. The van der Waals surface area contributed by atoms with Gasteiger partial charge in [0.15, 0.2) is 11.5 Å². The third-order valence-corrected chi connectivity index (χ3v) is 4.52. The molecule has 0 N–H and O–H groups in total. The van der Waals surface area contributed by atoms with Gasteiger partial charge in [-0.05, 0) is 43.5 Å². The van der Waals surface area contributed by atoms with Crippen molar-refractivity contribution in [3.8, 4) is 11.5 Å². The summed E-state index contributed by atoms with van der Waals surface area (Å²) >= 11 is 10.1. The van der Waals surface area contributed by atoms with E-state index >= 15 is 0 Å². The molecular weight excluding hydrogens is 436 g/mol. The molecule has 0 amide bonds. The van der Waals surface area contributed by atoms with Crippen LogP contribution in [0, 0.1) is 0 Å². The zero-order valence-electron chi connectivity index (χ0n) is 9.92. The molecule has 7 heteroatoms. The Labute approximate surface area is 130 Å². The minimum atomic E-state index is -0.590. The Morgan fingerprint density at radius 3 is 2.17 bits per heavy atom. The van der Waals surface area contributed by atoms with Gasteiger partial charge in [-0.25, -0.2) is 0 Å². The smallest absolute Gasteiger partial charge is 0.324 e. The van der Waals surface area contributed by atoms with Crippen LogP contribution in [0.2, 0.25) is 0 Å². The van der Waals surface area contributed by atoms with Crippen LogP contribution in [-0.4, -0.2) is 27.3 Å². The van der Waals surface area contributed by atoms with Crippen molar-refractivity contribution >= 4 is 53.8 Å². The first-order valence-electron chi connectivity index (χ1n) is 4.79. The fourth-order valence-electron chi connectivity index (χ4n) is 1.39. The van der Waals surface area contributed by atoms with Crippen LogP contribution in [0.3, 0.4) is 0 Å². The Morgan fingerprint density at radius 2 is 1.72 bits per heavy atom. The summed E-state index contributed by atoms with van der Waals surface area (Å²) in [6, 6.07) is 1.77. The average molecular weight is 447 g/mol. The Bertz CT molecular complexity index is 462. The van der Waals surface area contributed by atoms with E-state index in [-0.39, 0.29) is 0 Å². The van der Waals surface area contributed by atoms with Crippen LogP contribution >= 0.6 is 47.8 Å². The summed E-state index contributed by atoms with van der Waals surface area (Å²) in [6.45, 7) is 0. The topological polar surface area (TPSA) is 44.8 Å². The second-order valence-corrected chi connectivity index (χ2v) is 5.78. The molecule has 1 aromatic carbocycles. The number of alkyl halides is 1. The van der Waals surface area contributed by atoms with Crippen molar-refractivity contribution in [2.45, 2.75) is 4.83 Å². The van der Waals surface area contributed by atoms with Crippen molar-refractivity contribution < 1.29 is 19.0 Å². The van der Waals surface area contributed by atoms with Crippen LogP contribution in [0.4, 0.5) is 0 Å². The molecule has 0 aliphatic heterocycles. The Kier molecular flexibility index (Phi) is 5.94. The lowest BCUT2D eigenvalue weighted by Crippen LogP contribution is -2.09. The predicted molar refractivity (Wildman–Crippen MR) is 78.6 cm³/mol. The number of methoxy groups -OCH3 is 3. The second-order valence-electron chi connectivity index (χ2n) is 3.21. The van der Waals surface area contributed by atoms with E-state index in [1.54, 1.807) is 13.2 Å². The molecule has 0 saturated heterocycles. The van der Waals surface area contributed by atoms with Crippen LogP contribution in [0.25, 0.3) is 0 Å². The standard InChI is InChI=1S/C11H11Br3O4/c1-16-9-6(12)4-5(7(13)10(9)17-2)8(14)11(15)18-3/h4,8H,1-3H3. The third kappa shape index (κ3) is 3.00. The summed E-state index contributed by atoms with van der Waals surface area (Å²) in [5, 5.41) is 0. The zero-order chi connectivity index (χ0) is 13.9. The molecule has 0 aliphatic carbocycles. The number of rotatable bonds is 4. The summed E-state index contributed by atoms with van der Waals surface area (Å²) in [5.41, 5.74) is 0.686. The Hall–Kier alpha value is -0.270. The molecule has 1 atom stereocenters. The van der Waals surface area contributed by atoms with Gasteiger partial charge in [0.25, 0.3) is 0 Å². The molecule has 0 spiro atoms. The van der Waals surface area contributed by atoms with Crippen molar-refractivity contribution in [1.82, 2.24) is 0 Å². The number of ether oxygens (including phenoxy) is 3. The van der Waals surface area contributed by atoms with Crippen LogP contribution in [0.5, 0.6) is 11.5 Å². The maximum absolute atomic E-state index is 11.6. The van der Waals surface area contributed by atoms with Gasteiger partial charge in [-0.1, -0.05) is 15.9 Å². The maximum atomic E-state index is 11.6. The summed E-state index contributed by atoms with van der Waals surface area (Å²) < 4.78 is 16.5. The Morgan fingerprint density at radius 1 is 1.17 bits per heavy atom. The van der Waals surface area contributed by atoms with E-state index in [0.29, 0.717) is 26.0 Å². The monoisotopic (exact) mass is 444 g/mol. The first-order chi connectivity index (χ1) is 8.47. The van der Waals surface area contributed by atoms with Gasteiger partial charge in [0.2, 0.25) is 0 Å². The highest BCUT2D eigenvalue weighted by molar-refractivity contribution is 9.11. The SMILES string of the molecule is COC(=O)C(Br)c1cc(Br)c(OC)c(OC)c1Br. The molecule has 1 rings (SSSR count). The molecule has 100 valence electrons. The van der Waals surface area contributed by atoms with E-state index in [0.717, 1.165) is 0 Å². The number of benzene rings is 1. The molecule has 0 radical (unpaired) electrons. The lowest BCUT2D eigenvalue weighted by molar-refractivity contribution is -0.139. The molecule has 0 aliphatic rings. The molecule has 4 nitrogen and oxygen atoms in total. The van der Waals surface area contributed by atoms with E-state index in [1.807, 2.05) is 0 Å². The van der Waals surface area contributed by atoms with Crippen LogP contribution in [0.15, 0.2) is 15.0 Å². The molecule has 1 aromatic rings.